The van der Waals surface area contributed by atoms with Gasteiger partial charge in [-0.2, -0.15) is 0 Å². The molecule has 0 amide bonds. The largest absolute Gasteiger partial charge is 0.280 e. The van der Waals surface area contributed by atoms with Gasteiger partial charge in [-0.15, -0.1) is 0 Å². The first kappa shape index (κ1) is 11.9. The highest BCUT2D eigenvalue weighted by Crippen LogP contribution is 2.19. The maximum absolute atomic E-state index is 11.0. The van der Waals surface area contributed by atoms with Crippen molar-refractivity contribution in [2.75, 3.05) is 0 Å². The van der Waals surface area contributed by atoms with Crippen molar-refractivity contribution in [2.45, 2.75) is 39.0 Å². The topological polar surface area (TPSA) is 29.4 Å². The Morgan fingerprint density at radius 1 is 1.64 bits per heavy atom. The molecule has 2 nitrogen and oxygen atoms in total. The van der Waals surface area contributed by atoms with Gasteiger partial charge in [0.1, 0.15) is 5.70 Å². The molecule has 1 rings (SSSR count). The van der Waals surface area contributed by atoms with Gasteiger partial charge < -0.3 is 0 Å². The predicted octanol–water partition coefficient (Wildman–Crippen LogP) is 3.50. The molecular weight excluding hydrogens is 289 g/mol. The van der Waals surface area contributed by atoms with Crippen LogP contribution in [-0.2, 0) is 4.79 Å². The molecule has 0 fully saturated rings. The molecule has 1 atom stereocenters. The number of unbranched alkanes of at least 4 members (excludes halogenated alkanes) is 2. The maximum atomic E-state index is 11.0. The highest BCUT2D eigenvalue weighted by molar-refractivity contribution is 14.1. The number of carbonyl (C=O) groups is 1. The van der Waals surface area contributed by atoms with Crippen LogP contribution in [0.2, 0.25) is 0 Å². The molecule has 78 valence electrons. The Bertz CT molecular complexity index is 258. The van der Waals surface area contributed by atoms with Gasteiger partial charge >= 0.3 is 0 Å². The number of allylic oxidation sites excluding steroid dienone is 2. The Morgan fingerprint density at radius 2 is 2.43 bits per heavy atom. The van der Waals surface area contributed by atoms with Gasteiger partial charge in [0.2, 0.25) is 3.79 Å². The molecule has 0 saturated carbocycles. The lowest BCUT2D eigenvalue weighted by Gasteiger charge is -2.13. The molecule has 0 aliphatic carbocycles. The molecule has 1 heterocycles. The van der Waals surface area contributed by atoms with Gasteiger partial charge in [-0.1, -0.05) is 32.3 Å². The summed E-state index contributed by atoms with van der Waals surface area (Å²) in [5.41, 5.74) is 0.623. The van der Waals surface area contributed by atoms with E-state index in [0.29, 0.717) is 11.6 Å². The van der Waals surface area contributed by atoms with Gasteiger partial charge in [-0.3, -0.25) is 9.79 Å². The standard InChI is InChI=1S/C11H16INO/c1-2-3-4-5-9-6-7-10(11(12)14)13-8-9/h7-9H,2-6H2,1H3. The van der Waals surface area contributed by atoms with E-state index < -0.39 is 0 Å². The molecule has 0 radical (unpaired) electrons. The Morgan fingerprint density at radius 3 is 2.93 bits per heavy atom. The van der Waals surface area contributed by atoms with Crippen molar-refractivity contribution in [1.82, 2.24) is 0 Å². The monoisotopic (exact) mass is 305 g/mol. The highest BCUT2D eigenvalue weighted by atomic mass is 127. The van der Waals surface area contributed by atoms with Gasteiger partial charge in [0.05, 0.1) is 0 Å². The van der Waals surface area contributed by atoms with Crippen LogP contribution >= 0.6 is 22.6 Å². The summed E-state index contributed by atoms with van der Waals surface area (Å²) in [6.07, 6.45) is 9.93. The Balaban J connectivity index is 2.30. The van der Waals surface area contributed by atoms with Crippen LogP contribution < -0.4 is 0 Å². The summed E-state index contributed by atoms with van der Waals surface area (Å²) in [6, 6.07) is 0. The molecule has 3 heteroatoms. The normalized spacial score (nSPS) is 20.7. The van der Waals surface area contributed by atoms with Gasteiger partial charge in [0, 0.05) is 28.8 Å². The van der Waals surface area contributed by atoms with E-state index >= 15 is 0 Å². The van der Waals surface area contributed by atoms with E-state index in [1.165, 1.54) is 25.7 Å². The average Bonchev–Trinajstić information content (AvgIpc) is 2.19. The third-order valence-electron chi connectivity index (χ3n) is 2.42. The smallest absolute Gasteiger partial charge is 0.240 e. The summed E-state index contributed by atoms with van der Waals surface area (Å²) in [7, 11) is 0. The summed E-state index contributed by atoms with van der Waals surface area (Å²) in [5, 5.41) is 0. The molecule has 0 N–H and O–H groups in total. The molecule has 0 bridgehead atoms. The fourth-order valence-electron chi connectivity index (χ4n) is 1.54. The number of halogens is 1. The molecule has 0 saturated heterocycles. The summed E-state index contributed by atoms with van der Waals surface area (Å²) < 4.78 is 0.0471. The number of aliphatic imine (C=N–C) groups is 1. The van der Waals surface area contributed by atoms with Crippen LogP contribution in [0.3, 0.4) is 0 Å². The molecule has 1 aliphatic heterocycles. The van der Waals surface area contributed by atoms with Crippen molar-refractivity contribution in [3.05, 3.63) is 11.8 Å². The minimum absolute atomic E-state index is 0.0471. The van der Waals surface area contributed by atoms with Crippen LogP contribution in [0.5, 0.6) is 0 Å². The van der Waals surface area contributed by atoms with E-state index in [0.717, 1.165) is 6.42 Å². The van der Waals surface area contributed by atoms with E-state index in [1.54, 1.807) is 22.6 Å². The van der Waals surface area contributed by atoms with Crippen molar-refractivity contribution in [3.8, 4) is 0 Å². The van der Waals surface area contributed by atoms with Gasteiger partial charge in [-0.05, 0) is 18.8 Å². The third kappa shape index (κ3) is 3.90. The second kappa shape index (κ2) is 6.32. The molecule has 1 aliphatic rings. The van der Waals surface area contributed by atoms with Crippen molar-refractivity contribution >= 4 is 32.6 Å². The van der Waals surface area contributed by atoms with Crippen molar-refractivity contribution in [1.29, 1.82) is 0 Å². The molecule has 0 aromatic rings. The number of hydrogen-bond acceptors (Lipinski definition) is 2. The molecule has 1 unspecified atom stereocenters. The van der Waals surface area contributed by atoms with E-state index in [-0.39, 0.29) is 3.79 Å². The molecule has 0 aromatic carbocycles. The lowest BCUT2D eigenvalue weighted by Crippen LogP contribution is -2.07. The van der Waals surface area contributed by atoms with E-state index in [4.69, 9.17) is 0 Å². The Hall–Kier alpha value is -0.190. The Labute approximate surface area is 99.0 Å². The quantitative estimate of drug-likeness (QED) is 0.434. The zero-order valence-corrected chi connectivity index (χ0v) is 10.7. The summed E-state index contributed by atoms with van der Waals surface area (Å²) in [4.78, 5) is 15.1. The van der Waals surface area contributed by atoms with Crippen LogP contribution in [-0.4, -0.2) is 10.0 Å². The highest BCUT2D eigenvalue weighted by Gasteiger charge is 2.12. The zero-order chi connectivity index (χ0) is 10.4. The lowest BCUT2D eigenvalue weighted by atomic mass is 9.97. The van der Waals surface area contributed by atoms with Crippen molar-refractivity contribution in [3.63, 3.8) is 0 Å². The van der Waals surface area contributed by atoms with Crippen LogP contribution in [0, 0.1) is 5.92 Å². The fraction of sp³-hybridized carbons (Fsp3) is 0.636. The van der Waals surface area contributed by atoms with Crippen molar-refractivity contribution in [2.24, 2.45) is 10.9 Å². The van der Waals surface area contributed by atoms with Crippen LogP contribution in [0.4, 0.5) is 0 Å². The van der Waals surface area contributed by atoms with Crippen LogP contribution in [0.15, 0.2) is 16.8 Å². The Kier molecular flexibility index (Phi) is 5.37. The predicted molar refractivity (Wildman–Crippen MR) is 67.9 cm³/mol. The summed E-state index contributed by atoms with van der Waals surface area (Å²) in [5.74, 6) is 0.557. The fourth-order valence-corrected chi connectivity index (χ4v) is 1.90. The van der Waals surface area contributed by atoms with E-state index in [9.17, 15) is 4.79 Å². The number of carbonyl (C=O) groups excluding carboxylic acids is 1. The van der Waals surface area contributed by atoms with E-state index in [2.05, 4.69) is 11.9 Å². The van der Waals surface area contributed by atoms with Crippen LogP contribution in [0.25, 0.3) is 0 Å². The SMILES string of the molecule is CCCCCC1C=NC(C(=O)I)=CC1. The first-order chi connectivity index (χ1) is 6.74. The minimum Gasteiger partial charge on any atom is -0.280 e. The summed E-state index contributed by atoms with van der Waals surface area (Å²) >= 11 is 1.78. The lowest BCUT2D eigenvalue weighted by molar-refractivity contribution is -0.106. The first-order valence-electron chi connectivity index (χ1n) is 5.18. The van der Waals surface area contributed by atoms with Gasteiger partial charge in [0.15, 0.2) is 0 Å². The second-order valence-electron chi connectivity index (χ2n) is 3.63. The molecular formula is C11H16INO. The average molecular weight is 305 g/mol. The van der Waals surface area contributed by atoms with Crippen LogP contribution in [0.1, 0.15) is 39.0 Å². The maximum Gasteiger partial charge on any atom is 0.240 e. The molecule has 0 spiro atoms. The minimum atomic E-state index is 0.0471. The van der Waals surface area contributed by atoms with E-state index in [1.807, 2.05) is 12.3 Å². The molecule has 0 aromatic heterocycles. The number of nitrogens with zero attached hydrogens (tertiary/aromatic N) is 1. The number of rotatable bonds is 5. The molecule has 14 heavy (non-hydrogen) atoms. The second-order valence-corrected chi connectivity index (χ2v) is 4.61. The van der Waals surface area contributed by atoms with Gasteiger partial charge in [0.25, 0.3) is 0 Å². The first-order valence-corrected chi connectivity index (χ1v) is 6.26. The van der Waals surface area contributed by atoms with Crippen molar-refractivity contribution < 1.29 is 4.79 Å². The number of hydrogen-bond donors (Lipinski definition) is 0. The zero-order valence-electron chi connectivity index (χ0n) is 8.50. The third-order valence-corrected chi connectivity index (χ3v) is 2.97. The van der Waals surface area contributed by atoms with Gasteiger partial charge in [-0.25, -0.2) is 0 Å². The summed E-state index contributed by atoms with van der Waals surface area (Å²) in [6.45, 7) is 2.21.